The topological polar surface area (TPSA) is 89.0 Å². The number of hydrogen-bond acceptors (Lipinski definition) is 5. The summed E-state index contributed by atoms with van der Waals surface area (Å²) in [4.78, 5) is 24.1. The summed E-state index contributed by atoms with van der Waals surface area (Å²) in [5.74, 6) is 0.226. The van der Waals surface area contributed by atoms with Crippen LogP contribution < -0.4 is 20.2 Å². The third-order valence-corrected chi connectivity index (χ3v) is 4.59. The van der Waals surface area contributed by atoms with Gasteiger partial charge >= 0.3 is 0 Å². The van der Waals surface area contributed by atoms with Crippen LogP contribution in [0.4, 0.5) is 5.69 Å². The molecular formula is C22H26BrN3O4. The second-order valence-electron chi connectivity index (χ2n) is 6.73. The van der Waals surface area contributed by atoms with E-state index in [9.17, 15) is 9.59 Å². The first kappa shape index (κ1) is 23.4. The maximum absolute atomic E-state index is 12.1. The summed E-state index contributed by atoms with van der Waals surface area (Å²) in [7, 11) is 1.55. The number of aryl methyl sites for hydroxylation is 1. The molecule has 0 heterocycles. The number of methoxy groups -OCH3 is 1. The van der Waals surface area contributed by atoms with E-state index in [4.69, 9.17) is 9.47 Å². The standard InChI is InChI=1S/C22H26BrN3O4/c1-5-16-8-6-7-9-18(16)25-20(27)12-21(28)26-24-13-15-10-17(23)22(30-14(2)3)19(11-15)29-4/h6-11,13-14H,5,12H2,1-4H3,(H,25,27)(H,26,28). The molecule has 0 saturated heterocycles. The Bertz CT molecular complexity index is 929. The number of hydrazone groups is 1. The molecule has 0 bridgehead atoms. The number of carbonyl (C=O) groups excluding carboxylic acids is 2. The molecule has 0 unspecified atom stereocenters. The molecule has 0 aliphatic heterocycles. The van der Waals surface area contributed by atoms with Crippen LogP contribution in [0.2, 0.25) is 0 Å². The third kappa shape index (κ3) is 6.88. The van der Waals surface area contributed by atoms with Crippen molar-refractivity contribution in [3.8, 4) is 11.5 Å². The van der Waals surface area contributed by atoms with E-state index >= 15 is 0 Å². The first-order chi connectivity index (χ1) is 14.3. The van der Waals surface area contributed by atoms with Gasteiger partial charge in [-0.15, -0.1) is 0 Å². The van der Waals surface area contributed by atoms with Crippen molar-refractivity contribution < 1.29 is 19.1 Å². The van der Waals surface area contributed by atoms with Gasteiger partial charge in [0.2, 0.25) is 11.8 Å². The second kappa shape index (κ2) is 11.3. The maximum Gasteiger partial charge on any atom is 0.249 e. The summed E-state index contributed by atoms with van der Waals surface area (Å²) in [6.45, 7) is 5.85. The Kier molecular flexibility index (Phi) is 8.86. The number of para-hydroxylation sites is 1. The van der Waals surface area contributed by atoms with Gasteiger partial charge in [-0.2, -0.15) is 5.10 Å². The molecular weight excluding hydrogens is 450 g/mol. The van der Waals surface area contributed by atoms with Crippen molar-refractivity contribution >= 4 is 39.6 Å². The van der Waals surface area contributed by atoms with Crippen LogP contribution in [0.1, 0.15) is 38.3 Å². The summed E-state index contributed by atoms with van der Waals surface area (Å²) in [6, 6.07) is 11.0. The summed E-state index contributed by atoms with van der Waals surface area (Å²) in [5.41, 5.74) is 4.77. The van der Waals surface area contributed by atoms with Gasteiger partial charge in [-0.3, -0.25) is 9.59 Å². The molecule has 2 N–H and O–H groups in total. The zero-order valence-electron chi connectivity index (χ0n) is 17.5. The van der Waals surface area contributed by atoms with E-state index in [2.05, 4.69) is 31.8 Å². The number of rotatable bonds is 9. The van der Waals surface area contributed by atoms with Crippen LogP contribution in [0.25, 0.3) is 0 Å². The number of carbonyl (C=O) groups is 2. The van der Waals surface area contributed by atoms with Crippen LogP contribution in [0.3, 0.4) is 0 Å². The van der Waals surface area contributed by atoms with Gasteiger partial charge in [0.15, 0.2) is 11.5 Å². The van der Waals surface area contributed by atoms with Crippen LogP contribution in [-0.4, -0.2) is 31.2 Å². The lowest BCUT2D eigenvalue weighted by Gasteiger charge is -2.15. The van der Waals surface area contributed by atoms with E-state index in [-0.39, 0.29) is 12.5 Å². The van der Waals surface area contributed by atoms with E-state index in [1.807, 2.05) is 45.0 Å². The van der Waals surface area contributed by atoms with Gasteiger partial charge in [-0.25, -0.2) is 5.43 Å². The first-order valence-electron chi connectivity index (χ1n) is 9.57. The lowest BCUT2D eigenvalue weighted by molar-refractivity contribution is -0.126. The van der Waals surface area contributed by atoms with Crippen LogP contribution in [0.15, 0.2) is 46.0 Å². The Labute approximate surface area is 185 Å². The quantitative estimate of drug-likeness (QED) is 0.321. The Morgan fingerprint density at radius 1 is 1.20 bits per heavy atom. The second-order valence-corrected chi connectivity index (χ2v) is 7.58. The highest BCUT2D eigenvalue weighted by Crippen LogP contribution is 2.36. The molecule has 0 radical (unpaired) electrons. The minimum Gasteiger partial charge on any atom is -0.493 e. The van der Waals surface area contributed by atoms with Gasteiger partial charge in [0.05, 0.1) is 23.9 Å². The predicted octanol–water partition coefficient (Wildman–Crippen LogP) is 4.29. The van der Waals surface area contributed by atoms with Crippen molar-refractivity contribution in [2.75, 3.05) is 12.4 Å². The van der Waals surface area contributed by atoms with Gasteiger partial charge in [0, 0.05) is 5.69 Å². The smallest absolute Gasteiger partial charge is 0.249 e. The van der Waals surface area contributed by atoms with Crippen molar-refractivity contribution in [3.63, 3.8) is 0 Å². The Hall–Kier alpha value is -2.87. The SMILES string of the molecule is CCc1ccccc1NC(=O)CC(=O)NN=Cc1cc(Br)c(OC(C)C)c(OC)c1. The first-order valence-corrected chi connectivity index (χ1v) is 10.4. The molecule has 7 nitrogen and oxygen atoms in total. The number of nitrogens with one attached hydrogen (secondary N) is 2. The normalized spacial score (nSPS) is 10.9. The predicted molar refractivity (Wildman–Crippen MR) is 121 cm³/mol. The lowest BCUT2D eigenvalue weighted by atomic mass is 10.1. The Morgan fingerprint density at radius 2 is 1.93 bits per heavy atom. The number of benzene rings is 2. The molecule has 0 saturated carbocycles. The maximum atomic E-state index is 12.1. The number of ether oxygens (including phenoxy) is 2. The zero-order chi connectivity index (χ0) is 22.1. The lowest BCUT2D eigenvalue weighted by Crippen LogP contribution is -2.25. The number of amides is 2. The highest BCUT2D eigenvalue weighted by Gasteiger charge is 2.13. The molecule has 0 spiro atoms. The molecule has 2 aromatic carbocycles. The molecule has 2 aromatic rings. The number of nitrogens with zero attached hydrogens (tertiary/aromatic N) is 1. The summed E-state index contributed by atoms with van der Waals surface area (Å²) >= 11 is 3.46. The van der Waals surface area contributed by atoms with E-state index < -0.39 is 11.8 Å². The Balaban J connectivity index is 1.95. The average molecular weight is 476 g/mol. The van der Waals surface area contributed by atoms with Gasteiger partial charge in [0.1, 0.15) is 6.42 Å². The van der Waals surface area contributed by atoms with Crippen molar-refractivity contribution in [2.24, 2.45) is 5.10 Å². The van der Waals surface area contributed by atoms with Crippen LogP contribution in [0, 0.1) is 0 Å². The minimum absolute atomic E-state index is 0.00977. The van der Waals surface area contributed by atoms with Crippen molar-refractivity contribution in [1.29, 1.82) is 0 Å². The van der Waals surface area contributed by atoms with Gasteiger partial charge in [-0.05, 0) is 65.5 Å². The average Bonchev–Trinajstić information content (AvgIpc) is 2.69. The summed E-state index contributed by atoms with van der Waals surface area (Å²) in [5, 5.41) is 6.68. The van der Waals surface area contributed by atoms with Crippen LogP contribution in [0.5, 0.6) is 11.5 Å². The minimum atomic E-state index is -0.511. The highest BCUT2D eigenvalue weighted by atomic mass is 79.9. The number of hydrogen-bond donors (Lipinski definition) is 2. The Morgan fingerprint density at radius 3 is 2.60 bits per heavy atom. The molecule has 0 fully saturated rings. The molecule has 8 heteroatoms. The molecule has 0 aliphatic carbocycles. The summed E-state index contributed by atoms with van der Waals surface area (Å²) < 4.78 is 11.8. The summed E-state index contributed by atoms with van der Waals surface area (Å²) in [6.07, 6.45) is 1.91. The van der Waals surface area contributed by atoms with E-state index in [1.165, 1.54) is 6.21 Å². The van der Waals surface area contributed by atoms with E-state index in [0.29, 0.717) is 27.2 Å². The molecule has 2 amide bonds. The van der Waals surface area contributed by atoms with Crippen molar-refractivity contribution in [2.45, 2.75) is 39.7 Å². The molecule has 2 rings (SSSR count). The highest BCUT2D eigenvalue weighted by molar-refractivity contribution is 9.10. The molecule has 160 valence electrons. The molecule has 0 aromatic heterocycles. The molecule has 0 aliphatic rings. The molecule has 0 atom stereocenters. The monoisotopic (exact) mass is 475 g/mol. The third-order valence-electron chi connectivity index (χ3n) is 4.00. The van der Waals surface area contributed by atoms with E-state index in [1.54, 1.807) is 19.2 Å². The van der Waals surface area contributed by atoms with Gasteiger partial charge < -0.3 is 14.8 Å². The fourth-order valence-corrected chi connectivity index (χ4v) is 3.23. The largest absolute Gasteiger partial charge is 0.493 e. The number of anilines is 1. The van der Waals surface area contributed by atoms with Gasteiger partial charge in [-0.1, -0.05) is 25.1 Å². The number of halogens is 1. The van der Waals surface area contributed by atoms with E-state index in [0.717, 1.165) is 12.0 Å². The zero-order valence-corrected chi connectivity index (χ0v) is 19.1. The fourth-order valence-electron chi connectivity index (χ4n) is 2.67. The van der Waals surface area contributed by atoms with Crippen molar-refractivity contribution in [1.82, 2.24) is 5.43 Å². The van der Waals surface area contributed by atoms with Crippen LogP contribution >= 0.6 is 15.9 Å². The van der Waals surface area contributed by atoms with Crippen molar-refractivity contribution in [3.05, 3.63) is 52.0 Å². The van der Waals surface area contributed by atoms with Gasteiger partial charge in [0.25, 0.3) is 0 Å². The molecule has 30 heavy (non-hydrogen) atoms. The fraction of sp³-hybridized carbons (Fsp3) is 0.318. The van der Waals surface area contributed by atoms with Crippen LogP contribution in [-0.2, 0) is 16.0 Å².